The molecule has 1 N–H and O–H groups in total. The predicted molar refractivity (Wildman–Crippen MR) is 147 cm³/mol. The number of hydrogen-bond donors (Lipinski definition) is 1. The summed E-state index contributed by atoms with van der Waals surface area (Å²) in [6.07, 6.45) is 2.45. The van der Waals surface area contributed by atoms with E-state index >= 15 is 0 Å². The van der Waals surface area contributed by atoms with Gasteiger partial charge in [0.05, 0.1) is 18.7 Å². The molecule has 0 aliphatic carbocycles. The maximum Gasteiger partial charge on any atom is 0.247 e. The first kappa shape index (κ1) is 26.4. The monoisotopic (exact) mass is 527 g/mol. The lowest BCUT2D eigenvalue weighted by Gasteiger charge is -2.32. The van der Waals surface area contributed by atoms with Crippen LogP contribution in [0.25, 0.3) is 11.0 Å². The van der Waals surface area contributed by atoms with Gasteiger partial charge in [-0.2, -0.15) is 0 Å². The SMILES string of the molecule is COc1cccc(C(C(=O)NCC2CCCO2)N(CCc2ccccc2)C(=O)Cn2nnc3ccccc32)c1. The Morgan fingerprint density at radius 2 is 1.92 bits per heavy atom. The molecule has 0 bridgehead atoms. The van der Waals surface area contributed by atoms with Crippen LogP contribution in [-0.4, -0.2) is 64.6 Å². The van der Waals surface area contributed by atoms with Crippen molar-refractivity contribution in [3.63, 3.8) is 0 Å². The summed E-state index contributed by atoms with van der Waals surface area (Å²) >= 11 is 0. The minimum Gasteiger partial charge on any atom is -0.497 e. The Bertz CT molecular complexity index is 1400. The number of benzene rings is 3. The molecule has 4 aromatic rings. The van der Waals surface area contributed by atoms with Crippen molar-refractivity contribution >= 4 is 22.8 Å². The number of nitrogens with zero attached hydrogens (tertiary/aromatic N) is 4. The van der Waals surface area contributed by atoms with E-state index in [1.165, 1.54) is 0 Å². The summed E-state index contributed by atoms with van der Waals surface area (Å²) in [5.74, 6) is 0.118. The number of amides is 2. The van der Waals surface area contributed by atoms with Gasteiger partial charge in [-0.25, -0.2) is 4.68 Å². The fourth-order valence-corrected chi connectivity index (χ4v) is 4.95. The summed E-state index contributed by atoms with van der Waals surface area (Å²) < 4.78 is 12.8. The topological polar surface area (TPSA) is 98.6 Å². The van der Waals surface area contributed by atoms with Gasteiger partial charge >= 0.3 is 0 Å². The number of fused-ring (bicyclic) bond motifs is 1. The second-order valence-electron chi connectivity index (χ2n) is 9.62. The van der Waals surface area contributed by atoms with Crippen molar-refractivity contribution in [1.29, 1.82) is 0 Å². The van der Waals surface area contributed by atoms with Crippen molar-refractivity contribution in [2.75, 3.05) is 26.8 Å². The molecule has 1 aromatic heterocycles. The van der Waals surface area contributed by atoms with Crippen molar-refractivity contribution < 1.29 is 19.1 Å². The van der Waals surface area contributed by atoms with Gasteiger partial charge < -0.3 is 19.7 Å². The minimum absolute atomic E-state index is 0.0186. The molecule has 1 fully saturated rings. The number of nitrogens with one attached hydrogen (secondary N) is 1. The summed E-state index contributed by atoms with van der Waals surface area (Å²) in [7, 11) is 1.58. The number of methoxy groups -OCH3 is 1. The van der Waals surface area contributed by atoms with Crippen LogP contribution in [-0.2, 0) is 27.3 Å². The van der Waals surface area contributed by atoms with E-state index in [-0.39, 0.29) is 24.5 Å². The smallest absolute Gasteiger partial charge is 0.247 e. The van der Waals surface area contributed by atoms with Crippen LogP contribution in [0, 0.1) is 0 Å². The Balaban J connectivity index is 1.47. The molecular formula is C30H33N5O4. The number of carbonyl (C=O) groups excluding carboxylic acids is 2. The lowest BCUT2D eigenvalue weighted by molar-refractivity contribution is -0.141. The van der Waals surface area contributed by atoms with E-state index in [9.17, 15) is 9.59 Å². The molecule has 2 heterocycles. The van der Waals surface area contributed by atoms with Crippen molar-refractivity contribution in [2.45, 2.75) is 38.0 Å². The molecule has 2 amide bonds. The molecule has 1 aliphatic heterocycles. The summed E-state index contributed by atoms with van der Waals surface area (Å²) in [5.41, 5.74) is 3.21. The molecule has 5 rings (SSSR count). The second kappa shape index (κ2) is 12.5. The third-order valence-corrected chi connectivity index (χ3v) is 7.01. The van der Waals surface area contributed by atoms with Crippen LogP contribution in [0.5, 0.6) is 5.75 Å². The van der Waals surface area contributed by atoms with Gasteiger partial charge in [0.1, 0.15) is 23.9 Å². The molecule has 39 heavy (non-hydrogen) atoms. The number of hydrogen-bond acceptors (Lipinski definition) is 6. The lowest BCUT2D eigenvalue weighted by Crippen LogP contribution is -2.47. The third kappa shape index (κ3) is 6.43. The van der Waals surface area contributed by atoms with Gasteiger partial charge in [0.2, 0.25) is 11.8 Å². The average molecular weight is 528 g/mol. The van der Waals surface area contributed by atoms with Gasteiger partial charge in [-0.1, -0.05) is 59.8 Å². The molecule has 1 aliphatic rings. The Kier molecular flexibility index (Phi) is 8.48. The Morgan fingerprint density at radius 1 is 1.10 bits per heavy atom. The van der Waals surface area contributed by atoms with Crippen molar-refractivity contribution in [3.8, 4) is 5.75 Å². The van der Waals surface area contributed by atoms with Crippen molar-refractivity contribution in [3.05, 3.63) is 90.0 Å². The number of aromatic nitrogens is 3. The van der Waals surface area contributed by atoms with Crippen LogP contribution >= 0.6 is 0 Å². The Labute approximate surface area is 227 Å². The average Bonchev–Trinajstić information content (AvgIpc) is 3.65. The highest BCUT2D eigenvalue weighted by Gasteiger charge is 2.32. The van der Waals surface area contributed by atoms with Gasteiger partial charge in [0, 0.05) is 19.7 Å². The van der Waals surface area contributed by atoms with Crippen LogP contribution in [0.15, 0.2) is 78.9 Å². The highest BCUT2D eigenvalue weighted by molar-refractivity contribution is 5.89. The van der Waals surface area contributed by atoms with Crippen LogP contribution < -0.4 is 10.1 Å². The predicted octanol–water partition coefficient (Wildman–Crippen LogP) is 3.55. The highest BCUT2D eigenvalue weighted by atomic mass is 16.5. The van der Waals surface area contributed by atoms with E-state index < -0.39 is 6.04 Å². The first-order valence-corrected chi connectivity index (χ1v) is 13.3. The van der Waals surface area contributed by atoms with E-state index in [1.807, 2.05) is 78.9 Å². The van der Waals surface area contributed by atoms with E-state index in [0.717, 1.165) is 23.9 Å². The van der Waals surface area contributed by atoms with E-state index in [4.69, 9.17) is 9.47 Å². The van der Waals surface area contributed by atoms with E-state index in [0.29, 0.717) is 42.9 Å². The molecular weight excluding hydrogens is 494 g/mol. The summed E-state index contributed by atoms with van der Waals surface area (Å²) in [6, 6.07) is 23.9. The lowest BCUT2D eigenvalue weighted by atomic mass is 10.0. The largest absolute Gasteiger partial charge is 0.497 e. The quantitative estimate of drug-likeness (QED) is 0.320. The molecule has 2 atom stereocenters. The van der Waals surface area contributed by atoms with Gasteiger partial charge in [-0.3, -0.25) is 9.59 Å². The summed E-state index contributed by atoms with van der Waals surface area (Å²) in [5, 5.41) is 11.5. The van der Waals surface area contributed by atoms with Crippen molar-refractivity contribution in [1.82, 2.24) is 25.2 Å². The Morgan fingerprint density at radius 3 is 2.72 bits per heavy atom. The van der Waals surface area contributed by atoms with Crippen LogP contribution in [0.2, 0.25) is 0 Å². The van der Waals surface area contributed by atoms with Crippen molar-refractivity contribution in [2.24, 2.45) is 0 Å². The molecule has 202 valence electrons. The first-order valence-electron chi connectivity index (χ1n) is 13.3. The molecule has 0 saturated carbocycles. The molecule has 1 saturated heterocycles. The van der Waals surface area contributed by atoms with E-state index in [2.05, 4.69) is 15.6 Å². The Hall–Kier alpha value is -4.24. The molecule has 0 radical (unpaired) electrons. The number of rotatable bonds is 11. The zero-order valence-electron chi connectivity index (χ0n) is 22.0. The zero-order valence-corrected chi connectivity index (χ0v) is 22.0. The van der Waals surface area contributed by atoms with Gasteiger partial charge in [-0.05, 0) is 54.7 Å². The fourth-order valence-electron chi connectivity index (χ4n) is 4.95. The summed E-state index contributed by atoms with van der Waals surface area (Å²) in [4.78, 5) is 29.5. The van der Waals surface area contributed by atoms with Crippen LogP contribution in [0.4, 0.5) is 0 Å². The second-order valence-corrected chi connectivity index (χ2v) is 9.62. The molecule has 0 spiro atoms. The molecule has 2 unspecified atom stereocenters. The van der Waals surface area contributed by atoms with Crippen LogP contribution in [0.3, 0.4) is 0 Å². The minimum atomic E-state index is -0.868. The molecule has 9 nitrogen and oxygen atoms in total. The first-order chi connectivity index (χ1) is 19.1. The number of para-hydroxylation sites is 1. The molecule has 9 heteroatoms. The highest BCUT2D eigenvalue weighted by Crippen LogP contribution is 2.26. The maximum atomic E-state index is 14.0. The maximum absolute atomic E-state index is 14.0. The van der Waals surface area contributed by atoms with Gasteiger partial charge in [0.15, 0.2) is 0 Å². The van der Waals surface area contributed by atoms with Crippen LogP contribution in [0.1, 0.15) is 30.0 Å². The normalized spacial score (nSPS) is 15.7. The summed E-state index contributed by atoms with van der Waals surface area (Å²) in [6.45, 7) is 1.39. The number of ether oxygens (including phenoxy) is 2. The molecule has 3 aromatic carbocycles. The standard InChI is InChI=1S/C30H33N5O4/c1-38-24-12-7-11-23(19-24)29(30(37)31-20-25-13-8-18-39-25)34(17-16-22-9-3-2-4-10-22)28(36)21-35-27-15-6-5-14-26(27)32-33-35/h2-7,9-12,14-15,19,25,29H,8,13,16-18,20-21H2,1H3,(H,31,37). The number of carbonyl (C=O) groups is 2. The van der Waals surface area contributed by atoms with E-state index in [1.54, 1.807) is 16.7 Å². The van der Waals surface area contributed by atoms with Gasteiger partial charge in [0.25, 0.3) is 0 Å². The third-order valence-electron chi connectivity index (χ3n) is 7.01. The van der Waals surface area contributed by atoms with Gasteiger partial charge in [-0.15, -0.1) is 5.10 Å². The zero-order chi connectivity index (χ0) is 27.0. The fraction of sp³-hybridized carbons (Fsp3) is 0.333.